The second-order valence-corrected chi connectivity index (χ2v) is 5.51. The molecule has 0 atom stereocenters. The third-order valence-corrected chi connectivity index (χ3v) is 3.97. The highest BCUT2D eigenvalue weighted by Gasteiger charge is 2.14. The van der Waals surface area contributed by atoms with Gasteiger partial charge in [0.15, 0.2) is 5.58 Å². The number of nitrogens with zero attached hydrogens (tertiary/aromatic N) is 3. The first-order valence-electron chi connectivity index (χ1n) is 7.64. The summed E-state index contributed by atoms with van der Waals surface area (Å²) >= 11 is 0. The van der Waals surface area contributed by atoms with Crippen molar-refractivity contribution in [2.45, 2.75) is 0 Å². The maximum atomic E-state index is 11.0. The lowest BCUT2D eigenvalue weighted by atomic mass is 10.2. The summed E-state index contributed by atoms with van der Waals surface area (Å²) in [7, 11) is 0. The van der Waals surface area contributed by atoms with E-state index in [0.717, 1.165) is 24.5 Å². The number of aromatic carboxylic acids is 1. The predicted octanol–water partition coefficient (Wildman–Crippen LogP) is 2.42. The summed E-state index contributed by atoms with van der Waals surface area (Å²) in [6, 6.07) is 8.46. The molecule has 1 fully saturated rings. The molecule has 3 aromatic rings. The van der Waals surface area contributed by atoms with Crippen molar-refractivity contribution in [3.05, 3.63) is 42.1 Å². The van der Waals surface area contributed by atoms with Crippen LogP contribution >= 0.6 is 0 Å². The predicted molar refractivity (Wildman–Crippen MR) is 87.2 cm³/mol. The SMILES string of the molecule is O=C(O)c1ccc2nc(-c3ccc(N4CCOCC4)nc3)oc2c1. The molecule has 7 heteroatoms. The molecule has 0 radical (unpaired) electrons. The molecule has 7 nitrogen and oxygen atoms in total. The van der Waals surface area contributed by atoms with Crippen LogP contribution in [0.1, 0.15) is 10.4 Å². The Kier molecular flexibility index (Phi) is 3.62. The number of oxazole rings is 1. The fourth-order valence-electron chi connectivity index (χ4n) is 2.67. The molecule has 24 heavy (non-hydrogen) atoms. The van der Waals surface area contributed by atoms with E-state index in [9.17, 15) is 4.79 Å². The summed E-state index contributed by atoms with van der Waals surface area (Å²) in [5.41, 5.74) is 1.99. The molecule has 0 spiro atoms. The molecule has 1 N–H and O–H groups in total. The van der Waals surface area contributed by atoms with Gasteiger partial charge in [0, 0.05) is 19.3 Å². The molecule has 0 amide bonds. The van der Waals surface area contributed by atoms with Gasteiger partial charge in [-0.25, -0.2) is 14.8 Å². The zero-order valence-corrected chi connectivity index (χ0v) is 12.8. The van der Waals surface area contributed by atoms with E-state index in [2.05, 4.69) is 14.9 Å². The number of anilines is 1. The van der Waals surface area contributed by atoms with Crippen LogP contribution in [-0.2, 0) is 4.74 Å². The van der Waals surface area contributed by atoms with Crippen molar-refractivity contribution in [2.24, 2.45) is 0 Å². The number of morpholine rings is 1. The van der Waals surface area contributed by atoms with Crippen LogP contribution in [0.4, 0.5) is 5.82 Å². The van der Waals surface area contributed by atoms with Crippen molar-refractivity contribution in [3.8, 4) is 11.5 Å². The molecule has 1 aliphatic heterocycles. The van der Waals surface area contributed by atoms with E-state index in [0.29, 0.717) is 30.2 Å². The third-order valence-electron chi connectivity index (χ3n) is 3.97. The van der Waals surface area contributed by atoms with Crippen LogP contribution in [0.15, 0.2) is 40.9 Å². The van der Waals surface area contributed by atoms with E-state index in [1.54, 1.807) is 12.3 Å². The van der Waals surface area contributed by atoms with Gasteiger partial charge in [-0.3, -0.25) is 0 Å². The Hall–Kier alpha value is -2.93. The summed E-state index contributed by atoms with van der Waals surface area (Å²) in [4.78, 5) is 22.1. The average molecular weight is 325 g/mol. The van der Waals surface area contributed by atoms with Crippen LogP contribution in [0, 0.1) is 0 Å². The molecule has 0 saturated carbocycles. The number of pyridine rings is 1. The van der Waals surface area contributed by atoms with Crippen LogP contribution in [-0.4, -0.2) is 47.3 Å². The van der Waals surface area contributed by atoms with E-state index >= 15 is 0 Å². The second kappa shape index (κ2) is 5.93. The number of hydrogen-bond donors (Lipinski definition) is 1. The van der Waals surface area contributed by atoms with Gasteiger partial charge in [0.05, 0.1) is 24.3 Å². The lowest BCUT2D eigenvalue weighted by Gasteiger charge is -2.27. The quantitative estimate of drug-likeness (QED) is 0.791. The Morgan fingerprint density at radius 2 is 2.00 bits per heavy atom. The number of rotatable bonds is 3. The summed E-state index contributed by atoms with van der Waals surface area (Å²) in [6.07, 6.45) is 1.72. The van der Waals surface area contributed by atoms with Crippen LogP contribution in [0.3, 0.4) is 0 Å². The molecular formula is C17H15N3O4. The zero-order chi connectivity index (χ0) is 16.5. The number of benzene rings is 1. The number of fused-ring (bicyclic) bond motifs is 1. The average Bonchev–Trinajstić information content (AvgIpc) is 3.06. The summed E-state index contributed by atoms with van der Waals surface area (Å²) in [6.45, 7) is 3.07. The minimum atomic E-state index is -0.994. The number of hydrogen-bond acceptors (Lipinski definition) is 6. The Bertz CT molecular complexity index is 882. The molecule has 1 aromatic carbocycles. The lowest BCUT2D eigenvalue weighted by molar-refractivity contribution is 0.0697. The van der Waals surface area contributed by atoms with E-state index in [-0.39, 0.29) is 5.56 Å². The molecule has 0 aliphatic carbocycles. The number of aromatic nitrogens is 2. The summed E-state index contributed by atoms with van der Waals surface area (Å²) < 4.78 is 11.0. The summed E-state index contributed by atoms with van der Waals surface area (Å²) in [5, 5.41) is 9.04. The molecule has 122 valence electrons. The fraction of sp³-hybridized carbons (Fsp3) is 0.235. The molecular weight excluding hydrogens is 310 g/mol. The first-order chi connectivity index (χ1) is 11.7. The van der Waals surface area contributed by atoms with Crippen molar-refractivity contribution in [1.29, 1.82) is 0 Å². The van der Waals surface area contributed by atoms with E-state index in [1.165, 1.54) is 12.1 Å². The van der Waals surface area contributed by atoms with Crippen LogP contribution < -0.4 is 4.90 Å². The van der Waals surface area contributed by atoms with E-state index < -0.39 is 5.97 Å². The monoisotopic (exact) mass is 325 g/mol. The van der Waals surface area contributed by atoms with Gasteiger partial charge in [-0.1, -0.05) is 0 Å². The van der Waals surface area contributed by atoms with Crippen molar-refractivity contribution < 1.29 is 19.1 Å². The normalized spacial score (nSPS) is 14.9. The topological polar surface area (TPSA) is 88.7 Å². The zero-order valence-electron chi connectivity index (χ0n) is 12.8. The maximum absolute atomic E-state index is 11.0. The third kappa shape index (κ3) is 2.69. The molecule has 0 bridgehead atoms. The van der Waals surface area contributed by atoms with E-state index in [1.807, 2.05) is 12.1 Å². The van der Waals surface area contributed by atoms with Crippen molar-refractivity contribution in [2.75, 3.05) is 31.2 Å². The highest BCUT2D eigenvalue weighted by Crippen LogP contribution is 2.26. The first-order valence-corrected chi connectivity index (χ1v) is 7.64. The molecule has 4 rings (SSSR count). The largest absolute Gasteiger partial charge is 0.478 e. The minimum absolute atomic E-state index is 0.172. The first kappa shape index (κ1) is 14.6. The molecule has 3 heterocycles. The van der Waals surface area contributed by atoms with Crippen molar-refractivity contribution in [1.82, 2.24) is 9.97 Å². The van der Waals surface area contributed by atoms with E-state index in [4.69, 9.17) is 14.3 Å². The highest BCUT2D eigenvalue weighted by molar-refractivity contribution is 5.92. The van der Waals surface area contributed by atoms with Crippen LogP contribution in [0.25, 0.3) is 22.6 Å². The molecule has 0 unspecified atom stereocenters. The minimum Gasteiger partial charge on any atom is -0.478 e. The van der Waals surface area contributed by atoms with Gasteiger partial charge in [0.1, 0.15) is 11.3 Å². The van der Waals surface area contributed by atoms with Gasteiger partial charge in [-0.05, 0) is 30.3 Å². The van der Waals surface area contributed by atoms with Crippen molar-refractivity contribution in [3.63, 3.8) is 0 Å². The summed E-state index contributed by atoms with van der Waals surface area (Å²) in [5.74, 6) is 0.325. The van der Waals surface area contributed by atoms with Gasteiger partial charge in [0.2, 0.25) is 5.89 Å². The number of carboxylic acids is 1. The van der Waals surface area contributed by atoms with Crippen LogP contribution in [0.5, 0.6) is 0 Å². The smallest absolute Gasteiger partial charge is 0.335 e. The fourth-order valence-corrected chi connectivity index (χ4v) is 2.67. The number of carbonyl (C=O) groups is 1. The molecule has 1 saturated heterocycles. The lowest BCUT2D eigenvalue weighted by Crippen LogP contribution is -2.36. The highest BCUT2D eigenvalue weighted by atomic mass is 16.5. The van der Waals surface area contributed by atoms with Gasteiger partial charge in [0.25, 0.3) is 0 Å². The Labute approximate surface area is 137 Å². The Morgan fingerprint density at radius 3 is 2.71 bits per heavy atom. The molecule has 1 aliphatic rings. The maximum Gasteiger partial charge on any atom is 0.335 e. The van der Waals surface area contributed by atoms with Crippen molar-refractivity contribution >= 4 is 22.9 Å². The second-order valence-electron chi connectivity index (χ2n) is 5.51. The Morgan fingerprint density at radius 1 is 1.17 bits per heavy atom. The van der Waals surface area contributed by atoms with Gasteiger partial charge < -0.3 is 19.2 Å². The standard InChI is InChI=1S/C17H15N3O4/c21-17(22)11-1-3-13-14(9-11)24-16(19-13)12-2-4-15(18-10-12)20-5-7-23-8-6-20/h1-4,9-10H,5-8H2,(H,21,22). The van der Waals surface area contributed by atoms with Gasteiger partial charge in [-0.15, -0.1) is 0 Å². The van der Waals surface area contributed by atoms with Gasteiger partial charge >= 0.3 is 5.97 Å². The number of ether oxygens (including phenoxy) is 1. The molecule has 2 aromatic heterocycles. The Balaban J connectivity index is 1.63. The van der Waals surface area contributed by atoms with Crippen LogP contribution in [0.2, 0.25) is 0 Å². The van der Waals surface area contributed by atoms with Gasteiger partial charge in [-0.2, -0.15) is 0 Å². The number of carboxylic acid groups (broad SMARTS) is 1.